The lowest BCUT2D eigenvalue weighted by atomic mass is 9.90. The second kappa shape index (κ2) is 7.72. The van der Waals surface area contributed by atoms with Crippen LogP contribution >= 0.6 is 0 Å². The first-order valence-corrected chi connectivity index (χ1v) is 9.07. The SMILES string of the molecule is Cc1n[nH]c(C)c1CCC(=O)N1CCCC(c2ccc(C(=O)O)cc2)C1. The first-order chi connectivity index (χ1) is 12.5. The molecule has 1 saturated heterocycles. The number of aromatic carboxylic acids is 1. The van der Waals surface area contributed by atoms with Crippen molar-refractivity contribution in [2.45, 2.75) is 45.4 Å². The van der Waals surface area contributed by atoms with Crippen molar-refractivity contribution in [2.75, 3.05) is 13.1 Å². The van der Waals surface area contributed by atoms with Crippen LogP contribution in [0.4, 0.5) is 0 Å². The van der Waals surface area contributed by atoms with E-state index in [4.69, 9.17) is 5.11 Å². The summed E-state index contributed by atoms with van der Waals surface area (Å²) in [5, 5.41) is 16.2. The quantitative estimate of drug-likeness (QED) is 0.863. The Labute approximate surface area is 153 Å². The van der Waals surface area contributed by atoms with Gasteiger partial charge in [-0.3, -0.25) is 9.89 Å². The number of carbonyl (C=O) groups is 2. The standard InChI is InChI=1S/C20H25N3O3/c1-13-18(14(2)22-21-13)9-10-19(24)23-11-3-4-17(12-23)15-5-7-16(8-6-15)20(25)26/h5-8,17H,3-4,9-12H2,1-2H3,(H,21,22)(H,25,26). The number of aromatic nitrogens is 2. The smallest absolute Gasteiger partial charge is 0.335 e. The highest BCUT2D eigenvalue weighted by Gasteiger charge is 2.25. The Hall–Kier alpha value is -2.63. The summed E-state index contributed by atoms with van der Waals surface area (Å²) < 4.78 is 0. The maximum Gasteiger partial charge on any atom is 0.335 e. The first-order valence-electron chi connectivity index (χ1n) is 9.07. The first kappa shape index (κ1) is 18.2. The number of amides is 1. The number of hydrogen-bond acceptors (Lipinski definition) is 3. The molecule has 1 atom stereocenters. The molecule has 1 fully saturated rings. The fourth-order valence-corrected chi connectivity index (χ4v) is 3.71. The molecule has 2 N–H and O–H groups in total. The van der Waals surface area contributed by atoms with Crippen molar-refractivity contribution in [3.63, 3.8) is 0 Å². The van der Waals surface area contributed by atoms with Gasteiger partial charge in [0.15, 0.2) is 0 Å². The topological polar surface area (TPSA) is 86.3 Å². The molecule has 2 heterocycles. The minimum atomic E-state index is -0.915. The van der Waals surface area contributed by atoms with Crippen molar-refractivity contribution in [3.8, 4) is 0 Å². The molecule has 1 unspecified atom stereocenters. The van der Waals surface area contributed by atoms with E-state index in [-0.39, 0.29) is 11.8 Å². The third-order valence-corrected chi connectivity index (χ3v) is 5.27. The Bertz CT molecular complexity index is 776. The predicted octanol–water partition coefficient (Wildman–Crippen LogP) is 3.06. The number of nitrogens with zero attached hydrogens (tertiary/aromatic N) is 2. The molecule has 26 heavy (non-hydrogen) atoms. The van der Waals surface area contributed by atoms with Gasteiger partial charge in [0, 0.05) is 31.1 Å². The van der Waals surface area contributed by atoms with Crippen LogP contribution in [0.1, 0.15) is 58.1 Å². The molecule has 6 nitrogen and oxygen atoms in total. The molecular formula is C20H25N3O3. The number of likely N-dealkylation sites (tertiary alicyclic amines) is 1. The van der Waals surface area contributed by atoms with Crippen molar-refractivity contribution in [1.82, 2.24) is 15.1 Å². The van der Waals surface area contributed by atoms with Crippen LogP contribution in [0.2, 0.25) is 0 Å². The van der Waals surface area contributed by atoms with Crippen LogP contribution < -0.4 is 0 Å². The van der Waals surface area contributed by atoms with E-state index in [2.05, 4.69) is 10.2 Å². The highest BCUT2D eigenvalue weighted by molar-refractivity contribution is 5.87. The molecule has 0 bridgehead atoms. The van der Waals surface area contributed by atoms with Gasteiger partial charge in [-0.15, -0.1) is 0 Å². The van der Waals surface area contributed by atoms with Gasteiger partial charge in [-0.2, -0.15) is 5.10 Å². The van der Waals surface area contributed by atoms with Crippen LogP contribution in [0, 0.1) is 13.8 Å². The highest BCUT2D eigenvalue weighted by Crippen LogP contribution is 2.27. The molecule has 1 aromatic carbocycles. The lowest BCUT2D eigenvalue weighted by Crippen LogP contribution is -2.39. The van der Waals surface area contributed by atoms with Crippen molar-refractivity contribution in [3.05, 3.63) is 52.3 Å². The van der Waals surface area contributed by atoms with Gasteiger partial charge in [0.25, 0.3) is 0 Å². The van der Waals surface area contributed by atoms with Crippen LogP contribution in [0.25, 0.3) is 0 Å². The Kier molecular flexibility index (Phi) is 5.40. The van der Waals surface area contributed by atoms with Gasteiger partial charge in [0.05, 0.1) is 11.3 Å². The Balaban J connectivity index is 1.60. The zero-order valence-electron chi connectivity index (χ0n) is 15.3. The summed E-state index contributed by atoms with van der Waals surface area (Å²) in [5.41, 5.74) is 4.53. The van der Waals surface area contributed by atoms with E-state index >= 15 is 0 Å². The summed E-state index contributed by atoms with van der Waals surface area (Å²) in [5.74, 6) is -0.466. The largest absolute Gasteiger partial charge is 0.478 e. The maximum atomic E-state index is 12.7. The van der Waals surface area contributed by atoms with Crippen molar-refractivity contribution in [1.29, 1.82) is 0 Å². The van der Waals surface area contributed by atoms with Crippen LogP contribution in [0.15, 0.2) is 24.3 Å². The second-order valence-electron chi connectivity index (χ2n) is 7.02. The molecule has 1 aliphatic rings. The third-order valence-electron chi connectivity index (χ3n) is 5.27. The number of aromatic amines is 1. The van der Waals surface area contributed by atoms with E-state index in [1.807, 2.05) is 30.9 Å². The van der Waals surface area contributed by atoms with Gasteiger partial charge in [-0.25, -0.2) is 4.79 Å². The Morgan fingerprint density at radius 2 is 2.00 bits per heavy atom. The van der Waals surface area contributed by atoms with Gasteiger partial charge in [-0.05, 0) is 56.4 Å². The molecule has 1 aliphatic heterocycles. The van der Waals surface area contributed by atoms with Crippen LogP contribution in [0.3, 0.4) is 0 Å². The second-order valence-corrected chi connectivity index (χ2v) is 7.02. The van der Waals surface area contributed by atoms with Crippen LogP contribution in [-0.2, 0) is 11.2 Å². The zero-order valence-corrected chi connectivity index (χ0v) is 15.3. The van der Waals surface area contributed by atoms with Crippen LogP contribution in [-0.4, -0.2) is 45.2 Å². The van der Waals surface area contributed by atoms with E-state index in [9.17, 15) is 9.59 Å². The number of rotatable bonds is 5. The predicted molar refractivity (Wildman–Crippen MR) is 98.3 cm³/mol. The number of nitrogens with one attached hydrogen (secondary N) is 1. The number of hydrogen-bond donors (Lipinski definition) is 2. The number of aryl methyl sites for hydroxylation is 2. The molecule has 138 valence electrons. The average molecular weight is 355 g/mol. The fraction of sp³-hybridized carbons (Fsp3) is 0.450. The molecule has 0 aliphatic carbocycles. The Morgan fingerprint density at radius 3 is 2.62 bits per heavy atom. The van der Waals surface area contributed by atoms with Crippen molar-refractivity contribution >= 4 is 11.9 Å². The number of piperidine rings is 1. The number of H-pyrrole nitrogens is 1. The fourth-order valence-electron chi connectivity index (χ4n) is 3.71. The lowest BCUT2D eigenvalue weighted by molar-refractivity contribution is -0.132. The molecule has 3 rings (SSSR count). The zero-order chi connectivity index (χ0) is 18.7. The molecule has 1 aromatic heterocycles. The highest BCUT2D eigenvalue weighted by atomic mass is 16.4. The monoisotopic (exact) mass is 355 g/mol. The minimum absolute atomic E-state index is 0.178. The van der Waals surface area contributed by atoms with Crippen molar-refractivity contribution in [2.24, 2.45) is 0 Å². The summed E-state index contributed by atoms with van der Waals surface area (Å²) in [6, 6.07) is 7.03. The number of carbonyl (C=O) groups excluding carboxylic acids is 1. The molecular weight excluding hydrogens is 330 g/mol. The van der Waals surface area contributed by atoms with E-state index in [1.54, 1.807) is 12.1 Å². The molecule has 0 saturated carbocycles. The summed E-state index contributed by atoms with van der Waals surface area (Å²) in [6.07, 6.45) is 3.20. The normalized spacial score (nSPS) is 17.3. The summed E-state index contributed by atoms with van der Waals surface area (Å²) in [4.78, 5) is 25.6. The number of benzene rings is 1. The van der Waals surface area contributed by atoms with Gasteiger partial charge >= 0.3 is 5.97 Å². The van der Waals surface area contributed by atoms with Gasteiger partial charge in [0.1, 0.15) is 0 Å². The van der Waals surface area contributed by atoms with Gasteiger partial charge < -0.3 is 10.0 Å². The third kappa shape index (κ3) is 3.95. The lowest BCUT2D eigenvalue weighted by Gasteiger charge is -2.33. The van der Waals surface area contributed by atoms with Gasteiger partial charge in [0.2, 0.25) is 5.91 Å². The summed E-state index contributed by atoms with van der Waals surface area (Å²) in [7, 11) is 0. The Morgan fingerprint density at radius 1 is 1.27 bits per heavy atom. The minimum Gasteiger partial charge on any atom is -0.478 e. The van der Waals surface area contributed by atoms with E-state index in [0.29, 0.717) is 24.9 Å². The maximum absolute atomic E-state index is 12.7. The van der Waals surface area contributed by atoms with Crippen molar-refractivity contribution < 1.29 is 14.7 Å². The average Bonchev–Trinajstić information content (AvgIpc) is 2.97. The molecule has 0 radical (unpaired) electrons. The number of carboxylic acid groups (broad SMARTS) is 1. The molecule has 1 amide bonds. The van der Waals surface area contributed by atoms with Gasteiger partial charge in [-0.1, -0.05) is 12.1 Å². The van der Waals surface area contributed by atoms with E-state index < -0.39 is 5.97 Å². The van der Waals surface area contributed by atoms with Crippen LogP contribution in [0.5, 0.6) is 0 Å². The van der Waals surface area contributed by atoms with E-state index in [0.717, 1.165) is 41.9 Å². The molecule has 6 heteroatoms. The molecule has 0 spiro atoms. The van der Waals surface area contributed by atoms with E-state index in [1.165, 1.54) is 0 Å². The summed E-state index contributed by atoms with van der Waals surface area (Å²) in [6.45, 7) is 5.44. The molecule has 2 aromatic rings. The number of carboxylic acids is 1. The summed E-state index contributed by atoms with van der Waals surface area (Å²) >= 11 is 0.